The van der Waals surface area contributed by atoms with Gasteiger partial charge in [-0.3, -0.25) is 4.79 Å². The summed E-state index contributed by atoms with van der Waals surface area (Å²) in [6.07, 6.45) is 66.8. The lowest BCUT2D eigenvalue weighted by atomic mass is 10.0. The average Bonchev–Trinajstić information content (AvgIpc) is 3.20. The largest absolute Gasteiger partial charge is 0.394 e. The molecule has 2 atom stereocenters. The summed E-state index contributed by atoms with van der Waals surface area (Å²) in [5.41, 5.74) is 0. The molecule has 2 unspecified atom stereocenters. The zero-order chi connectivity index (χ0) is 40.7. The van der Waals surface area contributed by atoms with Gasteiger partial charge < -0.3 is 15.5 Å². The summed E-state index contributed by atoms with van der Waals surface area (Å²) in [6.45, 7) is 4.14. The zero-order valence-corrected chi connectivity index (χ0v) is 37.4. The highest BCUT2D eigenvalue weighted by atomic mass is 16.3. The van der Waals surface area contributed by atoms with E-state index in [1.165, 1.54) is 173 Å². The third-order valence-electron chi connectivity index (χ3n) is 11.0. The van der Waals surface area contributed by atoms with Gasteiger partial charge in [-0.15, -0.1) is 0 Å². The minimum absolute atomic E-state index is 0.0664. The molecule has 56 heavy (non-hydrogen) atoms. The van der Waals surface area contributed by atoms with Gasteiger partial charge in [-0.25, -0.2) is 0 Å². The van der Waals surface area contributed by atoms with E-state index < -0.39 is 12.1 Å². The number of carbonyl (C=O) groups is 1. The Bertz CT molecular complexity index is 934. The standard InChI is InChI=1S/C52H95NO3/c1-3-5-7-9-11-12-13-14-15-16-17-18-19-20-21-22-23-24-25-26-27-28-29-30-31-32-33-34-35-36-37-38-39-40-42-44-46-48-52(56)53-50(49-54)51(55)47-45-43-41-10-8-6-4-2/h5,7,11-12,14-15,17-18,45,47,50-51,54-55H,3-4,6,8-10,13,16,19-44,46,48-49H2,1-2H3,(H,53,56)/b7-5-,12-11-,15-14-,18-17-,47-45+. The van der Waals surface area contributed by atoms with Crippen LogP contribution in [0.1, 0.15) is 245 Å². The molecule has 0 heterocycles. The van der Waals surface area contributed by atoms with Crippen LogP contribution in [0.25, 0.3) is 0 Å². The van der Waals surface area contributed by atoms with Crippen molar-refractivity contribution in [2.24, 2.45) is 0 Å². The smallest absolute Gasteiger partial charge is 0.220 e. The van der Waals surface area contributed by atoms with Gasteiger partial charge in [0, 0.05) is 6.42 Å². The van der Waals surface area contributed by atoms with Crippen molar-refractivity contribution >= 4 is 5.91 Å². The first kappa shape index (κ1) is 54.1. The van der Waals surface area contributed by atoms with Gasteiger partial charge in [0.1, 0.15) is 0 Å². The number of carbonyl (C=O) groups excluding carboxylic acids is 1. The Morgan fingerprint density at radius 2 is 0.786 bits per heavy atom. The summed E-state index contributed by atoms with van der Waals surface area (Å²) < 4.78 is 0. The van der Waals surface area contributed by atoms with Gasteiger partial charge in [0.25, 0.3) is 0 Å². The number of allylic oxidation sites excluding steroid dienone is 9. The maximum absolute atomic E-state index is 12.3. The van der Waals surface area contributed by atoms with Gasteiger partial charge in [0.05, 0.1) is 18.8 Å². The van der Waals surface area contributed by atoms with Crippen LogP contribution in [0.2, 0.25) is 0 Å². The molecular weight excluding hydrogens is 687 g/mol. The molecule has 0 bridgehead atoms. The number of nitrogens with one attached hydrogen (secondary N) is 1. The van der Waals surface area contributed by atoms with Crippen molar-refractivity contribution in [1.82, 2.24) is 5.32 Å². The first-order valence-corrected chi connectivity index (χ1v) is 24.5. The van der Waals surface area contributed by atoms with Crippen LogP contribution < -0.4 is 5.32 Å². The number of hydrogen-bond donors (Lipinski definition) is 3. The second-order valence-electron chi connectivity index (χ2n) is 16.5. The van der Waals surface area contributed by atoms with Gasteiger partial charge >= 0.3 is 0 Å². The second-order valence-corrected chi connectivity index (χ2v) is 16.5. The molecule has 4 nitrogen and oxygen atoms in total. The van der Waals surface area contributed by atoms with E-state index in [0.29, 0.717) is 6.42 Å². The molecule has 0 radical (unpaired) electrons. The molecular formula is C52H95NO3. The fourth-order valence-electron chi connectivity index (χ4n) is 7.29. The molecule has 3 N–H and O–H groups in total. The Labute approximate surface area is 349 Å². The molecule has 0 saturated heterocycles. The fraction of sp³-hybridized carbons (Fsp3) is 0.788. The van der Waals surface area contributed by atoms with Gasteiger partial charge in [0.15, 0.2) is 0 Å². The SMILES string of the molecule is CC/C=C\C/C=C\C/C=C\C/C=C\CCCCCCCCCCCCCCCCCCCCCCCCCCC(=O)NC(CO)C(O)/C=C/CCCCCCC. The van der Waals surface area contributed by atoms with Crippen molar-refractivity contribution in [2.75, 3.05) is 6.61 Å². The first-order chi connectivity index (χ1) is 27.7. The molecule has 0 spiro atoms. The highest BCUT2D eigenvalue weighted by Gasteiger charge is 2.17. The molecule has 0 aliphatic carbocycles. The quantitative estimate of drug-likeness (QED) is 0.0426. The van der Waals surface area contributed by atoms with Crippen molar-refractivity contribution in [1.29, 1.82) is 0 Å². The number of amides is 1. The van der Waals surface area contributed by atoms with E-state index in [4.69, 9.17) is 0 Å². The summed E-state index contributed by atoms with van der Waals surface area (Å²) in [4.78, 5) is 12.3. The Balaban J connectivity index is 3.36. The van der Waals surface area contributed by atoms with E-state index >= 15 is 0 Å². The minimum atomic E-state index is -0.834. The number of aliphatic hydroxyl groups is 2. The Morgan fingerprint density at radius 3 is 1.18 bits per heavy atom. The summed E-state index contributed by atoms with van der Waals surface area (Å²) in [5.74, 6) is -0.0664. The highest BCUT2D eigenvalue weighted by Crippen LogP contribution is 2.16. The molecule has 0 aliphatic heterocycles. The average molecular weight is 782 g/mol. The Morgan fingerprint density at radius 1 is 0.446 bits per heavy atom. The molecule has 0 saturated carbocycles. The first-order valence-electron chi connectivity index (χ1n) is 24.5. The minimum Gasteiger partial charge on any atom is -0.394 e. The Kier molecular flexibility index (Phi) is 45.8. The van der Waals surface area contributed by atoms with Crippen molar-refractivity contribution in [3.05, 3.63) is 60.8 Å². The van der Waals surface area contributed by atoms with Crippen LogP contribution in [0, 0.1) is 0 Å². The maximum Gasteiger partial charge on any atom is 0.220 e. The van der Waals surface area contributed by atoms with E-state index in [1.54, 1.807) is 6.08 Å². The van der Waals surface area contributed by atoms with Crippen LogP contribution in [-0.2, 0) is 4.79 Å². The molecule has 0 fully saturated rings. The molecule has 0 aliphatic rings. The lowest BCUT2D eigenvalue weighted by Gasteiger charge is -2.20. The summed E-state index contributed by atoms with van der Waals surface area (Å²) in [6, 6.07) is -0.618. The van der Waals surface area contributed by atoms with Crippen LogP contribution in [0.3, 0.4) is 0 Å². The summed E-state index contributed by atoms with van der Waals surface area (Å²) in [7, 11) is 0. The van der Waals surface area contributed by atoms with Gasteiger partial charge in [-0.2, -0.15) is 0 Å². The van der Waals surface area contributed by atoms with Crippen molar-refractivity contribution < 1.29 is 15.0 Å². The molecule has 0 aromatic rings. The zero-order valence-electron chi connectivity index (χ0n) is 37.4. The van der Waals surface area contributed by atoms with E-state index in [9.17, 15) is 15.0 Å². The van der Waals surface area contributed by atoms with Crippen molar-refractivity contribution in [2.45, 2.75) is 257 Å². The lowest BCUT2D eigenvalue weighted by Crippen LogP contribution is -2.45. The summed E-state index contributed by atoms with van der Waals surface area (Å²) >= 11 is 0. The molecule has 4 heteroatoms. The van der Waals surface area contributed by atoms with Gasteiger partial charge in [0.2, 0.25) is 5.91 Å². The summed E-state index contributed by atoms with van der Waals surface area (Å²) in [5, 5.41) is 22.8. The predicted octanol–water partition coefficient (Wildman–Crippen LogP) is 15.7. The van der Waals surface area contributed by atoms with E-state index in [-0.39, 0.29) is 12.5 Å². The van der Waals surface area contributed by atoms with Crippen molar-refractivity contribution in [3.63, 3.8) is 0 Å². The van der Waals surface area contributed by atoms with Crippen molar-refractivity contribution in [3.8, 4) is 0 Å². The second kappa shape index (κ2) is 47.5. The topological polar surface area (TPSA) is 69.6 Å². The third-order valence-corrected chi connectivity index (χ3v) is 11.0. The Hall–Kier alpha value is -1.91. The van der Waals surface area contributed by atoms with E-state index in [1.807, 2.05) is 6.08 Å². The molecule has 1 amide bonds. The number of rotatable bonds is 44. The van der Waals surface area contributed by atoms with Crippen LogP contribution in [0.4, 0.5) is 0 Å². The molecule has 0 aromatic heterocycles. The maximum atomic E-state index is 12.3. The highest BCUT2D eigenvalue weighted by molar-refractivity contribution is 5.76. The normalized spacial score (nSPS) is 13.4. The molecule has 326 valence electrons. The van der Waals surface area contributed by atoms with Crippen LogP contribution in [0.15, 0.2) is 60.8 Å². The fourth-order valence-corrected chi connectivity index (χ4v) is 7.29. The predicted molar refractivity (Wildman–Crippen MR) is 248 cm³/mol. The number of hydrogen-bond acceptors (Lipinski definition) is 3. The molecule has 0 aromatic carbocycles. The van der Waals surface area contributed by atoms with Crippen LogP contribution in [0.5, 0.6) is 0 Å². The van der Waals surface area contributed by atoms with Crippen LogP contribution in [-0.4, -0.2) is 34.9 Å². The number of unbranched alkanes of at least 4 members (excludes halogenated alkanes) is 29. The van der Waals surface area contributed by atoms with E-state index in [2.05, 4.69) is 67.8 Å². The van der Waals surface area contributed by atoms with Gasteiger partial charge in [-0.1, -0.05) is 242 Å². The molecule has 0 rings (SSSR count). The van der Waals surface area contributed by atoms with Crippen LogP contribution >= 0.6 is 0 Å². The van der Waals surface area contributed by atoms with E-state index in [0.717, 1.165) is 51.4 Å². The monoisotopic (exact) mass is 782 g/mol. The lowest BCUT2D eigenvalue weighted by molar-refractivity contribution is -0.123. The van der Waals surface area contributed by atoms with Gasteiger partial charge in [-0.05, 0) is 57.8 Å². The third kappa shape index (κ3) is 43.2. The number of aliphatic hydroxyl groups excluding tert-OH is 2.